The van der Waals surface area contributed by atoms with Gasteiger partial charge < -0.3 is 43.7 Å². The third-order valence-electron chi connectivity index (χ3n) is 16.9. The number of nitrogens with zero attached hydrogens (tertiary/aromatic N) is 8. The Hall–Kier alpha value is -6.80. The van der Waals surface area contributed by atoms with Gasteiger partial charge in [-0.15, -0.1) is 11.3 Å². The molecule has 4 aliphatic rings. The fourth-order valence-corrected chi connectivity index (χ4v) is 13.6. The summed E-state index contributed by atoms with van der Waals surface area (Å²) in [5, 5.41) is 20.6. The van der Waals surface area contributed by atoms with Crippen molar-refractivity contribution in [2.75, 3.05) is 58.2 Å². The number of nitrogens with one attached hydrogen (secondary N) is 1. The second-order valence-electron chi connectivity index (χ2n) is 22.4. The van der Waals surface area contributed by atoms with Gasteiger partial charge in [0, 0.05) is 57.0 Å². The van der Waals surface area contributed by atoms with E-state index in [2.05, 4.69) is 38.2 Å². The van der Waals surface area contributed by atoms with Crippen LogP contribution in [0.15, 0.2) is 76.9 Å². The van der Waals surface area contributed by atoms with E-state index in [9.17, 15) is 14.7 Å². The molecule has 80 heavy (non-hydrogen) atoms. The van der Waals surface area contributed by atoms with E-state index in [0.29, 0.717) is 41.5 Å². The summed E-state index contributed by atoms with van der Waals surface area (Å²) >= 11 is 1.59. The quantitative estimate of drug-likeness (QED) is 0.0727. The number of likely N-dealkylation sites (tertiary alicyclic amines) is 1. The number of aromatic nitrogens is 5. The lowest BCUT2D eigenvalue weighted by Crippen LogP contribution is -2.48. The Bertz CT molecular complexity index is 3350. The first-order chi connectivity index (χ1) is 38.8. The summed E-state index contributed by atoms with van der Waals surface area (Å²) in [5.41, 5.74) is 6.48. The topological polar surface area (TPSA) is 191 Å². The minimum Gasteiger partial charge on any atom is -0.474 e. The number of amides is 2. The molecule has 8 heterocycles. The van der Waals surface area contributed by atoms with Gasteiger partial charge in [0.2, 0.25) is 11.8 Å². The van der Waals surface area contributed by atoms with Gasteiger partial charge in [-0.2, -0.15) is 9.97 Å². The van der Waals surface area contributed by atoms with Crippen LogP contribution in [-0.2, 0) is 20.7 Å². The van der Waals surface area contributed by atoms with Crippen molar-refractivity contribution in [3.63, 3.8) is 0 Å². The van der Waals surface area contributed by atoms with Gasteiger partial charge in [0.15, 0.2) is 18.4 Å². The molecule has 19 heteroatoms. The van der Waals surface area contributed by atoms with Gasteiger partial charge in [-0.25, -0.2) is 9.37 Å². The number of thiazole rings is 1. The van der Waals surface area contributed by atoms with Gasteiger partial charge in [0.1, 0.15) is 48.0 Å². The highest BCUT2D eigenvalue weighted by Crippen LogP contribution is 2.44. The van der Waals surface area contributed by atoms with Gasteiger partial charge in [-0.1, -0.05) is 76.1 Å². The van der Waals surface area contributed by atoms with Crippen LogP contribution in [0, 0.1) is 18.7 Å². The number of carbonyl (C=O) groups excluding carboxylic acids is 2. The molecule has 2 N–H and O–H groups in total. The van der Waals surface area contributed by atoms with E-state index < -0.39 is 23.9 Å². The molecule has 0 spiro atoms. The fraction of sp³-hybridized carbons (Fsp3) is 0.492. The monoisotopic (exact) mass is 1110 g/mol. The van der Waals surface area contributed by atoms with Crippen LogP contribution in [0.25, 0.3) is 43.4 Å². The van der Waals surface area contributed by atoms with Gasteiger partial charge in [0.05, 0.1) is 39.2 Å². The molecule has 0 saturated carbocycles. The first-order valence-electron chi connectivity index (χ1n) is 28.4. The molecule has 3 aromatic carbocycles. The average Bonchev–Trinajstić information content (AvgIpc) is 4.32. The number of halogens is 1. The van der Waals surface area contributed by atoms with E-state index in [4.69, 9.17) is 38.4 Å². The Morgan fingerprint density at radius 1 is 0.963 bits per heavy atom. The number of hydrogen-bond donors (Lipinski definition) is 2. The maximum atomic E-state index is 17.6. The molecule has 11 rings (SSSR count). The van der Waals surface area contributed by atoms with Crippen molar-refractivity contribution >= 4 is 50.6 Å². The average molecular weight is 1110 g/mol. The van der Waals surface area contributed by atoms with Crippen molar-refractivity contribution < 1.29 is 42.6 Å². The molecule has 1 unspecified atom stereocenters. The summed E-state index contributed by atoms with van der Waals surface area (Å²) in [6, 6.07) is 18.5. The van der Waals surface area contributed by atoms with Crippen molar-refractivity contribution in [1.29, 1.82) is 0 Å². The maximum Gasteiger partial charge on any atom is 0.319 e. The highest BCUT2D eigenvalue weighted by atomic mass is 32.1. The molecule has 4 fully saturated rings. The third kappa shape index (κ3) is 11.0. The number of carbonyl (C=O) groups is 2. The lowest BCUT2D eigenvalue weighted by Gasteiger charge is -2.34. The number of β-amino-alcohol motifs (C(OH)–C–C–N with tert-alkyl or cyclic N) is 1. The molecule has 6 atom stereocenters. The first-order valence-corrected chi connectivity index (χ1v) is 29.3. The number of hydrogen-bond acceptors (Lipinski definition) is 16. The zero-order valence-electron chi connectivity index (χ0n) is 46.6. The van der Waals surface area contributed by atoms with E-state index >= 15 is 4.39 Å². The van der Waals surface area contributed by atoms with Gasteiger partial charge in [0.25, 0.3) is 5.88 Å². The van der Waals surface area contributed by atoms with Crippen LogP contribution in [-0.4, -0.2) is 129 Å². The summed E-state index contributed by atoms with van der Waals surface area (Å²) in [6.07, 6.45) is 9.54. The number of benzene rings is 3. The summed E-state index contributed by atoms with van der Waals surface area (Å²) < 4.78 is 47.6. The predicted octanol–water partition coefficient (Wildman–Crippen LogP) is 10.4. The second kappa shape index (κ2) is 23.7. The van der Waals surface area contributed by atoms with Gasteiger partial charge in [-0.3, -0.25) is 19.5 Å². The number of rotatable bonds is 19. The van der Waals surface area contributed by atoms with Crippen LogP contribution in [0.2, 0.25) is 0 Å². The maximum absolute atomic E-state index is 17.6. The zero-order valence-corrected chi connectivity index (χ0v) is 47.4. The highest BCUT2D eigenvalue weighted by molar-refractivity contribution is 7.13. The standard InChI is InChI=1S/C61H72FN9O8S/c1-7-39-14-12-15-42-26-45(78-35-75-6)28-46(52(39)42)54-53(62)55-47(30-63-54)57(69-23-10-8-9-11-24-69)67-60(66-55)77-33-61-21-13-25-71(61)43(20-22-61)32-76-50-29-49(79-68-50)51(36(2)3)59(74)70-31-44(72)27-48(70)58(73)65-37(4)40-16-18-41(19-17-40)56-38(5)64-34-80-56/h12,14-19,26,28-30,34,36-37,43-44,48,51,72H,7-11,13,20-25,27,31-33,35H2,1-6H3,(H,65,73)/t37-,43-,44+,48-,51?,61-/m0/s1. The Morgan fingerprint density at radius 2 is 1.77 bits per heavy atom. The number of fused-ring (bicyclic) bond motifs is 3. The van der Waals surface area contributed by atoms with Crippen LogP contribution >= 0.6 is 11.3 Å². The van der Waals surface area contributed by atoms with Crippen molar-refractivity contribution in [1.82, 2.24) is 40.2 Å². The summed E-state index contributed by atoms with van der Waals surface area (Å²) in [5.74, 6) is -0.423. The highest BCUT2D eigenvalue weighted by Gasteiger charge is 2.50. The van der Waals surface area contributed by atoms with E-state index in [1.165, 1.54) is 4.90 Å². The van der Waals surface area contributed by atoms with Crippen molar-refractivity contribution in [2.45, 2.75) is 135 Å². The summed E-state index contributed by atoms with van der Waals surface area (Å²) in [7, 11) is 1.57. The smallest absolute Gasteiger partial charge is 0.319 e. The minimum atomic E-state index is -0.863. The van der Waals surface area contributed by atoms with Gasteiger partial charge >= 0.3 is 6.01 Å². The van der Waals surface area contributed by atoms with Crippen molar-refractivity contribution in [3.05, 3.63) is 101 Å². The molecule has 0 bridgehead atoms. The minimum absolute atomic E-state index is 0.0262. The van der Waals surface area contributed by atoms with E-state index in [-0.39, 0.29) is 78.2 Å². The lowest BCUT2D eigenvalue weighted by molar-refractivity contribution is -0.141. The molecule has 4 aliphatic heterocycles. The van der Waals surface area contributed by atoms with Crippen LogP contribution < -0.4 is 24.4 Å². The number of aryl methyl sites for hydroxylation is 2. The third-order valence-corrected chi connectivity index (χ3v) is 17.9. The summed E-state index contributed by atoms with van der Waals surface area (Å²) in [6.45, 7) is 13.0. The molecular formula is C61H72FN9O8S. The predicted molar refractivity (Wildman–Crippen MR) is 305 cm³/mol. The lowest BCUT2D eigenvalue weighted by atomic mass is 9.91. The SMILES string of the molecule is CCc1cccc2cc(OCOC)cc(-c3ncc4c(N5CCCCCC5)nc(OC[C@@]56CCCN5[C@H](COc5cc(C(C(=O)N7C[C@H](O)C[C@H]7C(=O)N[C@@H](C)c7ccc(-c8scnc8C)cc7)C(C)C)on5)CC6)nc4c3F)c12. The number of aliphatic hydroxyl groups is 1. The Balaban J connectivity index is 0.779. The molecular weight excluding hydrogens is 1040 g/mol. The van der Waals surface area contributed by atoms with Crippen LogP contribution in [0.4, 0.5) is 10.2 Å². The Kier molecular flexibility index (Phi) is 16.3. The number of aliphatic hydroxyl groups excluding tert-OH is 1. The molecule has 7 aromatic rings. The van der Waals surface area contributed by atoms with E-state index in [1.807, 2.05) is 81.7 Å². The van der Waals surface area contributed by atoms with Crippen LogP contribution in [0.5, 0.6) is 17.6 Å². The van der Waals surface area contributed by atoms with Crippen LogP contribution in [0.3, 0.4) is 0 Å². The number of methoxy groups -OCH3 is 1. The fourth-order valence-electron chi connectivity index (χ4n) is 12.7. The molecule has 4 saturated heterocycles. The molecule has 2 amide bonds. The first kappa shape index (κ1) is 55.1. The molecule has 4 aromatic heterocycles. The second-order valence-corrected chi connectivity index (χ2v) is 23.3. The number of anilines is 1. The molecule has 422 valence electrons. The number of ether oxygens (including phenoxy) is 4. The molecule has 0 aliphatic carbocycles. The Morgan fingerprint density at radius 3 is 2.52 bits per heavy atom. The molecule has 0 radical (unpaired) electrons. The summed E-state index contributed by atoms with van der Waals surface area (Å²) in [4.78, 5) is 54.8. The van der Waals surface area contributed by atoms with Crippen LogP contribution in [0.1, 0.15) is 120 Å². The van der Waals surface area contributed by atoms with E-state index in [1.54, 1.807) is 30.7 Å². The van der Waals surface area contributed by atoms with Crippen molar-refractivity contribution in [2.24, 2.45) is 5.92 Å². The van der Waals surface area contributed by atoms with Gasteiger partial charge in [-0.05, 0) is 116 Å². The number of pyridine rings is 1. The largest absolute Gasteiger partial charge is 0.474 e. The molecule has 17 nitrogen and oxygen atoms in total. The van der Waals surface area contributed by atoms with Crippen molar-refractivity contribution in [3.8, 4) is 39.3 Å². The normalized spacial score (nSPS) is 21.3. The Labute approximate surface area is 470 Å². The zero-order chi connectivity index (χ0) is 55.7. The van der Waals surface area contributed by atoms with E-state index in [0.717, 1.165) is 115 Å².